The summed E-state index contributed by atoms with van der Waals surface area (Å²) in [7, 11) is -3.46. The van der Waals surface area contributed by atoms with Crippen LogP contribution in [0, 0.1) is 11.3 Å². The normalized spacial score (nSPS) is 18.0. The largest absolute Gasteiger partial charge is 0.417 e. The highest BCUT2D eigenvalue weighted by atomic mass is 32.2. The number of hydrogen-bond donors (Lipinski definition) is 0. The van der Waals surface area contributed by atoms with Crippen LogP contribution in [0.1, 0.15) is 41.6 Å². The Labute approximate surface area is 190 Å². The van der Waals surface area contributed by atoms with Crippen molar-refractivity contribution < 1.29 is 39.3 Å². The van der Waals surface area contributed by atoms with Gasteiger partial charge in [0.1, 0.15) is 6.54 Å². The third-order valence-electron chi connectivity index (χ3n) is 5.18. The fourth-order valence-corrected chi connectivity index (χ4v) is 4.54. The Hall–Kier alpha value is -2.86. The predicted octanol–water partition coefficient (Wildman–Crippen LogP) is 3.67. The van der Waals surface area contributed by atoms with E-state index in [4.69, 9.17) is 9.78 Å². The number of aromatic nitrogens is 2. The molecular weight excluding hydrogens is 492 g/mol. The number of rotatable bonds is 6. The lowest BCUT2D eigenvalue weighted by Gasteiger charge is -2.28. The van der Waals surface area contributed by atoms with Crippen molar-refractivity contribution in [1.82, 2.24) is 14.4 Å². The molecule has 8 nitrogen and oxygen atoms in total. The quantitative estimate of drug-likeness (QED) is 0.546. The lowest BCUT2D eigenvalue weighted by Crippen LogP contribution is -2.38. The lowest BCUT2D eigenvalue weighted by molar-refractivity contribution is -0.137. The number of nitrogens with zero attached hydrogens (tertiary/aromatic N) is 5. The first-order valence-corrected chi connectivity index (χ1v) is 11.7. The molecule has 0 bridgehead atoms. The van der Waals surface area contributed by atoms with Gasteiger partial charge in [-0.2, -0.15) is 36.6 Å². The second-order valence-corrected chi connectivity index (χ2v) is 9.80. The van der Waals surface area contributed by atoms with Crippen LogP contribution in [-0.2, 0) is 22.7 Å². The minimum Gasteiger partial charge on any atom is -0.355 e. The number of anilines is 1. The number of benzene rings is 1. The molecule has 1 atom stereocenters. The smallest absolute Gasteiger partial charge is 0.355 e. The first-order valence-electron chi connectivity index (χ1n) is 9.88. The van der Waals surface area contributed by atoms with Gasteiger partial charge < -0.3 is 9.42 Å². The minimum atomic E-state index is -4.95. The molecule has 0 amide bonds. The van der Waals surface area contributed by atoms with E-state index in [-0.39, 0.29) is 18.3 Å². The van der Waals surface area contributed by atoms with Crippen LogP contribution in [-0.4, -0.2) is 54.9 Å². The topological polar surface area (TPSA) is 103 Å². The number of piperidine rings is 1. The Morgan fingerprint density at radius 1 is 1.26 bits per heavy atom. The van der Waals surface area contributed by atoms with Gasteiger partial charge in [0.05, 0.1) is 35.9 Å². The van der Waals surface area contributed by atoms with Crippen LogP contribution >= 0.6 is 0 Å². The Bertz CT molecular complexity index is 1170. The molecule has 0 aliphatic carbocycles. The molecule has 0 saturated carbocycles. The lowest BCUT2D eigenvalue weighted by atomic mass is 10.00. The highest BCUT2D eigenvalue weighted by molar-refractivity contribution is 7.88. The van der Waals surface area contributed by atoms with Crippen molar-refractivity contribution in [2.24, 2.45) is 0 Å². The third kappa shape index (κ3) is 6.38. The molecular formula is C19H19F6N5O3S. The Morgan fingerprint density at radius 3 is 2.56 bits per heavy atom. The molecule has 1 aliphatic heterocycles. The third-order valence-corrected chi connectivity index (χ3v) is 6.45. The molecule has 0 N–H and O–H groups in total. The summed E-state index contributed by atoms with van der Waals surface area (Å²) >= 11 is 0. The van der Waals surface area contributed by atoms with Gasteiger partial charge in [-0.25, -0.2) is 12.7 Å². The van der Waals surface area contributed by atoms with Gasteiger partial charge in [0.25, 0.3) is 0 Å². The fraction of sp³-hybridized carbons (Fsp3) is 0.526. The van der Waals surface area contributed by atoms with Crippen molar-refractivity contribution in [3.8, 4) is 6.07 Å². The van der Waals surface area contributed by atoms with E-state index in [1.165, 1.54) is 10.4 Å². The van der Waals surface area contributed by atoms with Crippen LogP contribution in [0.25, 0.3) is 0 Å². The predicted molar refractivity (Wildman–Crippen MR) is 106 cm³/mol. The van der Waals surface area contributed by atoms with Crippen molar-refractivity contribution in [3.05, 3.63) is 41.0 Å². The first-order chi connectivity index (χ1) is 15.7. The number of nitriles is 1. The van der Waals surface area contributed by atoms with Gasteiger partial charge in [0.15, 0.2) is 5.82 Å². The SMILES string of the molecule is CS(=O)(=O)N1CCCC(c2nc(CN(CC(F)(F)F)c3ccc(C#N)c(C(F)(F)F)c3)no2)C1. The van der Waals surface area contributed by atoms with E-state index in [2.05, 4.69) is 10.1 Å². The maximum absolute atomic E-state index is 13.3. The van der Waals surface area contributed by atoms with Crippen molar-refractivity contribution in [2.75, 3.05) is 30.8 Å². The van der Waals surface area contributed by atoms with Crippen LogP contribution in [0.3, 0.4) is 0 Å². The average molecular weight is 511 g/mol. The molecule has 0 spiro atoms. The highest BCUT2D eigenvalue weighted by Crippen LogP contribution is 2.35. The van der Waals surface area contributed by atoms with E-state index in [1.807, 2.05) is 0 Å². The first kappa shape index (κ1) is 25.8. The molecule has 3 rings (SSSR count). The zero-order valence-electron chi connectivity index (χ0n) is 17.7. The number of hydrogen-bond acceptors (Lipinski definition) is 7. The molecule has 1 aromatic heterocycles. The summed E-state index contributed by atoms with van der Waals surface area (Å²) in [6, 6.07) is 3.62. The summed E-state index contributed by atoms with van der Waals surface area (Å²) in [6.45, 7) is -1.85. The zero-order valence-corrected chi connectivity index (χ0v) is 18.5. The minimum absolute atomic E-state index is 0.0334. The van der Waals surface area contributed by atoms with E-state index in [9.17, 15) is 34.8 Å². The summed E-state index contributed by atoms with van der Waals surface area (Å²) in [4.78, 5) is 4.66. The Kier molecular flexibility index (Phi) is 7.13. The molecule has 1 aliphatic rings. The van der Waals surface area contributed by atoms with Gasteiger partial charge in [-0.15, -0.1) is 0 Å². The highest BCUT2D eigenvalue weighted by Gasteiger charge is 2.37. The van der Waals surface area contributed by atoms with Crippen LogP contribution in [0.5, 0.6) is 0 Å². The van der Waals surface area contributed by atoms with Crippen molar-refractivity contribution >= 4 is 15.7 Å². The Morgan fingerprint density at radius 2 is 1.97 bits per heavy atom. The van der Waals surface area contributed by atoms with Gasteiger partial charge in [0.2, 0.25) is 15.9 Å². The zero-order chi connectivity index (χ0) is 25.3. The second-order valence-electron chi connectivity index (χ2n) is 7.82. The van der Waals surface area contributed by atoms with Crippen molar-refractivity contribution in [3.63, 3.8) is 0 Å². The van der Waals surface area contributed by atoms with Crippen LogP contribution < -0.4 is 4.90 Å². The van der Waals surface area contributed by atoms with E-state index in [0.717, 1.165) is 18.4 Å². The van der Waals surface area contributed by atoms with E-state index in [1.54, 1.807) is 0 Å². The fourth-order valence-electron chi connectivity index (χ4n) is 3.63. The van der Waals surface area contributed by atoms with Crippen LogP contribution in [0.2, 0.25) is 0 Å². The Balaban J connectivity index is 1.88. The average Bonchev–Trinajstić information content (AvgIpc) is 3.19. The van der Waals surface area contributed by atoms with Crippen molar-refractivity contribution in [1.29, 1.82) is 5.26 Å². The van der Waals surface area contributed by atoms with Gasteiger partial charge in [-0.05, 0) is 31.0 Å². The van der Waals surface area contributed by atoms with Crippen LogP contribution in [0.4, 0.5) is 32.0 Å². The summed E-state index contributed by atoms with van der Waals surface area (Å²) < 4.78 is 109. The molecule has 1 aromatic carbocycles. The molecule has 0 radical (unpaired) electrons. The van der Waals surface area contributed by atoms with Gasteiger partial charge in [-0.3, -0.25) is 0 Å². The summed E-state index contributed by atoms with van der Waals surface area (Å²) in [6.07, 6.45) is -7.63. The summed E-state index contributed by atoms with van der Waals surface area (Å²) in [5, 5.41) is 12.6. The molecule has 1 fully saturated rings. The molecule has 34 heavy (non-hydrogen) atoms. The maximum atomic E-state index is 13.3. The van der Waals surface area contributed by atoms with Gasteiger partial charge >= 0.3 is 12.4 Å². The standard InChI is InChI=1S/C19H19F6N5O3S/c1-34(31,32)30-6-2-3-13(9-30)17-27-16(28-33-17)10-29(11-18(20,21)22)14-5-4-12(8-26)15(7-14)19(23,24)25/h4-5,7,13H,2-3,6,9-11H2,1H3. The summed E-state index contributed by atoms with van der Waals surface area (Å²) in [5.74, 6) is -0.646. The van der Waals surface area contributed by atoms with E-state index < -0.39 is 58.2 Å². The summed E-state index contributed by atoms with van der Waals surface area (Å²) in [5.41, 5.74) is -2.52. The molecule has 1 saturated heterocycles. The second kappa shape index (κ2) is 9.41. The number of halogens is 6. The van der Waals surface area contributed by atoms with Crippen LogP contribution in [0.15, 0.2) is 22.7 Å². The molecule has 186 valence electrons. The van der Waals surface area contributed by atoms with Crippen molar-refractivity contribution in [2.45, 2.75) is 37.7 Å². The van der Waals surface area contributed by atoms with E-state index in [0.29, 0.717) is 30.4 Å². The molecule has 2 aromatic rings. The maximum Gasteiger partial charge on any atom is 0.417 e. The monoisotopic (exact) mass is 511 g/mol. The number of sulfonamides is 1. The van der Waals surface area contributed by atoms with Gasteiger partial charge in [-0.1, -0.05) is 5.16 Å². The van der Waals surface area contributed by atoms with Gasteiger partial charge in [0, 0.05) is 18.8 Å². The molecule has 2 heterocycles. The number of alkyl halides is 6. The molecule has 15 heteroatoms. The van der Waals surface area contributed by atoms with E-state index >= 15 is 0 Å². The molecule has 1 unspecified atom stereocenters.